The molecule has 1 aromatic heterocycles. The van der Waals surface area contributed by atoms with Crippen LogP contribution in [-0.4, -0.2) is 37.3 Å². The summed E-state index contributed by atoms with van der Waals surface area (Å²) < 4.78 is 40.0. The van der Waals surface area contributed by atoms with Crippen molar-refractivity contribution in [1.29, 1.82) is 0 Å². The van der Waals surface area contributed by atoms with E-state index in [0.29, 0.717) is 18.5 Å². The molecular weight excluding hydrogens is 389 g/mol. The van der Waals surface area contributed by atoms with E-state index in [0.717, 1.165) is 49.4 Å². The SMILES string of the molecule is O=C(CCc1csc(NS(=O)(=O)c2ccc(F)cc2)n1)N1CCCCCC1. The molecule has 1 saturated heterocycles. The molecule has 0 bridgehead atoms. The van der Waals surface area contributed by atoms with Crippen molar-refractivity contribution in [3.05, 3.63) is 41.2 Å². The second-order valence-electron chi connectivity index (χ2n) is 6.50. The first-order valence-corrected chi connectivity index (χ1v) is 11.3. The van der Waals surface area contributed by atoms with Crippen LogP contribution in [0.15, 0.2) is 34.5 Å². The minimum absolute atomic E-state index is 0.0306. The number of carbonyl (C=O) groups excluding carboxylic acids is 1. The Bertz CT molecular complexity index is 874. The van der Waals surface area contributed by atoms with Gasteiger partial charge >= 0.3 is 0 Å². The number of amides is 1. The van der Waals surface area contributed by atoms with Crippen molar-refractivity contribution in [2.75, 3.05) is 17.8 Å². The van der Waals surface area contributed by atoms with Crippen LogP contribution in [0.5, 0.6) is 0 Å². The number of likely N-dealkylation sites (tertiary alicyclic amines) is 1. The van der Waals surface area contributed by atoms with Crippen LogP contribution >= 0.6 is 11.3 Å². The number of benzene rings is 1. The van der Waals surface area contributed by atoms with Crippen LogP contribution in [0.3, 0.4) is 0 Å². The van der Waals surface area contributed by atoms with Crippen molar-refractivity contribution in [3.63, 3.8) is 0 Å². The number of rotatable bonds is 6. The number of aromatic nitrogens is 1. The zero-order valence-electron chi connectivity index (χ0n) is 14.9. The second kappa shape index (κ2) is 8.79. The van der Waals surface area contributed by atoms with Gasteiger partial charge in [0, 0.05) is 24.9 Å². The maximum Gasteiger partial charge on any atom is 0.263 e. The van der Waals surface area contributed by atoms with Crippen LogP contribution in [0.1, 0.15) is 37.8 Å². The maximum atomic E-state index is 13.0. The molecule has 9 heteroatoms. The summed E-state index contributed by atoms with van der Waals surface area (Å²) in [6.45, 7) is 1.64. The Morgan fingerprint density at radius 1 is 1.15 bits per heavy atom. The van der Waals surface area contributed by atoms with Crippen LogP contribution < -0.4 is 4.72 Å². The Morgan fingerprint density at radius 2 is 1.81 bits per heavy atom. The highest BCUT2D eigenvalue weighted by molar-refractivity contribution is 7.93. The first-order valence-electron chi connectivity index (χ1n) is 8.94. The first kappa shape index (κ1) is 19.8. The number of hydrogen-bond donors (Lipinski definition) is 1. The largest absolute Gasteiger partial charge is 0.343 e. The van der Waals surface area contributed by atoms with Gasteiger partial charge in [0.15, 0.2) is 5.13 Å². The van der Waals surface area contributed by atoms with Gasteiger partial charge in [-0.25, -0.2) is 17.8 Å². The van der Waals surface area contributed by atoms with Gasteiger partial charge in [0.25, 0.3) is 10.0 Å². The zero-order chi connectivity index (χ0) is 19.3. The summed E-state index contributed by atoms with van der Waals surface area (Å²) in [6.07, 6.45) is 5.30. The number of halogens is 1. The number of nitrogens with zero attached hydrogens (tertiary/aromatic N) is 2. The molecule has 1 aliphatic heterocycles. The Labute approximate surface area is 162 Å². The summed E-state index contributed by atoms with van der Waals surface area (Å²) in [5.41, 5.74) is 0.681. The van der Waals surface area contributed by atoms with E-state index in [-0.39, 0.29) is 15.9 Å². The van der Waals surface area contributed by atoms with Crippen molar-refractivity contribution in [2.24, 2.45) is 0 Å². The molecule has 1 fully saturated rings. The molecule has 1 amide bonds. The lowest BCUT2D eigenvalue weighted by Gasteiger charge is -2.19. The van der Waals surface area contributed by atoms with E-state index >= 15 is 0 Å². The summed E-state index contributed by atoms with van der Waals surface area (Å²) in [5.74, 6) is -0.377. The molecule has 2 heterocycles. The van der Waals surface area contributed by atoms with Gasteiger partial charge in [0.2, 0.25) is 5.91 Å². The second-order valence-corrected chi connectivity index (χ2v) is 9.04. The minimum Gasteiger partial charge on any atom is -0.343 e. The third-order valence-corrected chi connectivity index (χ3v) is 6.74. The molecule has 1 N–H and O–H groups in total. The predicted octanol–water partition coefficient (Wildman–Crippen LogP) is 3.42. The highest BCUT2D eigenvalue weighted by atomic mass is 32.2. The average molecular weight is 412 g/mol. The van der Waals surface area contributed by atoms with E-state index in [2.05, 4.69) is 9.71 Å². The fraction of sp³-hybridized carbons (Fsp3) is 0.444. The average Bonchev–Trinajstić information content (AvgIpc) is 2.90. The van der Waals surface area contributed by atoms with Crippen molar-refractivity contribution >= 4 is 32.4 Å². The molecule has 1 aliphatic rings. The fourth-order valence-electron chi connectivity index (χ4n) is 2.97. The van der Waals surface area contributed by atoms with E-state index in [9.17, 15) is 17.6 Å². The lowest BCUT2D eigenvalue weighted by Crippen LogP contribution is -2.31. The number of carbonyl (C=O) groups is 1. The van der Waals surface area contributed by atoms with Crippen LogP contribution in [0, 0.1) is 5.82 Å². The molecular formula is C18H22FN3O3S2. The summed E-state index contributed by atoms with van der Waals surface area (Å²) in [6, 6.07) is 4.59. The van der Waals surface area contributed by atoms with Gasteiger partial charge in [-0.15, -0.1) is 11.3 Å². The van der Waals surface area contributed by atoms with Gasteiger partial charge in [-0.3, -0.25) is 9.52 Å². The van der Waals surface area contributed by atoms with Gasteiger partial charge in [0.05, 0.1) is 10.6 Å². The minimum atomic E-state index is -3.81. The number of hydrogen-bond acceptors (Lipinski definition) is 5. The van der Waals surface area contributed by atoms with Gasteiger partial charge in [0.1, 0.15) is 5.82 Å². The summed E-state index contributed by atoms with van der Waals surface area (Å²) in [4.78, 5) is 18.5. The number of nitrogens with one attached hydrogen (secondary N) is 1. The van der Waals surface area contributed by atoms with Crippen molar-refractivity contribution in [3.8, 4) is 0 Å². The molecule has 0 atom stereocenters. The van der Waals surface area contributed by atoms with E-state index in [1.807, 2.05) is 4.90 Å². The molecule has 6 nitrogen and oxygen atoms in total. The highest BCUT2D eigenvalue weighted by Crippen LogP contribution is 2.21. The molecule has 0 spiro atoms. The van der Waals surface area contributed by atoms with Crippen LogP contribution in [-0.2, 0) is 21.2 Å². The normalized spacial score (nSPS) is 15.4. The Morgan fingerprint density at radius 3 is 2.48 bits per heavy atom. The topological polar surface area (TPSA) is 79.4 Å². The third-order valence-electron chi connectivity index (χ3n) is 4.45. The van der Waals surface area contributed by atoms with Gasteiger partial charge in [-0.1, -0.05) is 12.8 Å². The van der Waals surface area contributed by atoms with Crippen molar-refractivity contribution < 1.29 is 17.6 Å². The van der Waals surface area contributed by atoms with E-state index in [4.69, 9.17) is 0 Å². The maximum absolute atomic E-state index is 13.0. The molecule has 27 heavy (non-hydrogen) atoms. The highest BCUT2D eigenvalue weighted by Gasteiger charge is 2.18. The first-order chi connectivity index (χ1) is 12.9. The quantitative estimate of drug-likeness (QED) is 0.790. The molecule has 0 unspecified atom stereocenters. The monoisotopic (exact) mass is 411 g/mol. The van der Waals surface area contributed by atoms with Crippen molar-refractivity contribution in [2.45, 2.75) is 43.4 Å². The predicted molar refractivity (Wildman–Crippen MR) is 103 cm³/mol. The van der Waals surface area contributed by atoms with Crippen LogP contribution in [0.25, 0.3) is 0 Å². The van der Waals surface area contributed by atoms with E-state index in [1.165, 1.54) is 25.0 Å². The van der Waals surface area contributed by atoms with Crippen molar-refractivity contribution in [1.82, 2.24) is 9.88 Å². The van der Waals surface area contributed by atoms with Gasteiger partial charge < -0.3 is 4.90 Å². The molecule has 146 valence electrons. The summed E-state index contributed by atoms with van der Waals surface area (Å²) in [5, 5.41) is 1.98. The smallest absolute Gasteiger partial charge is 0.263 e. The van der Waals surface area contributed by atoms with Crippen LogP contribution in [0.2, 0.25) is 0 Å². The van der Waals surface area contributed by atoms with E-state index in [1.54, 1.807) is 5.38 Å². The lowest BCUT2D eigenvalue weighted by atomic mass is 10.2. The standard InChI is InChI=1S/C18H22FN3O3S2/c19-14-5-8-16(9-6-14)27(24,25)21-18-20-15(13-26-18)7-10-17(23)22-11-3-1-2-4-12-22/h5-6,8-9,13H,1-4,7,10-12H2,(H,20,21). The third kappa shape index (κ3) is 5.49. The van der Waals surface area contributed by atoms with E-state index < -0.39 is 15.8 Å². The summed E-state index contributed by atoms with van der Waals surface area (Å²) >= 11 is 1.16. The molecule has 0 radical (unpaired) electrons. The summed E-state index contributed by atoms with van der Waals surface area (Å²) in [7, 11) is -3.81. The number of anilines is 1. The van der Waals surface area contributed by atoms with Crippen LogP contribution in [0.4, 0.5) is 9.52 Å². The lowest BCUT2D eigenvalue weighted by molar-refractivity contribution is -0.131. The number of thiazole rings is 1. The Kier molecular flexibility index (Phi) is 6.43. The molecule has 3 rings (SSSR count). The Hall–Kier alpha value is -2.00. The zero-order valence-corrected chi connectivity index (χ0v) is 16.5. The molecule has 0 aliphatic carbocycles. The number of aryl methyl sites for hydroxylation is 1. The van der Waals surface area contributed by atoms with Gasteiger partial charge in [-0.05, 0) is 43.5 Å². The molecule has 2 aromatic rings. The fourth-order valence-corrected chi connectivity index (χ4v) is 4.97. The Balaban J connectivity index is 1.56. The molecule has 1 aromatic carbocycles. The molecule has 0 saturated carbocycles. The van der Waals surface area contributed by atoms with Gasteiger partial charge in [-0.2, -0.15) is 0 Å². The number of sulfonamides is 1.